The number of aliphatic hydroxyl groups is 1. The van der Waals surface area contributed by atoms with Gasteiger partial charge in [-0.15, -0.1) is 12.4 Å². The van der Waals surface area contributed by atoms with Gasteiger partial charge in [0.05, 0.1) is 18.7 Å². The Kier molecular flexibility index (Phi) is 10.1. The molecular formula is C19H24Cl3NO3. The van der Waals surface area contributed by atoms with E-state index in [2.05, 4.69) is 5.32 Å². The lowest BCUT2D eigenvalue weighted by atomic mass is 10.1. The van der Waals surface area contributed by atoms with Gasteiger partial charge in [-0.3, -0.25) is 0 Å². The number of benzene rings is 2. The molecule has 4 nitrogen and oxygen atoms in total. The molecule has 0 saturated carbocycles. The predicted molar refractivity (Wildman–Crippen MR) is 109 cm³/mol. The normalized spacial score (nSPS) is 11.6. The molecule has 0 spiro atoms. The lowest BCUT2D eigenvalue weighted by Crippen LogP contribution is -2.31. The summed E-state index contributed by atoms with van der Waals surface area (Å²) in [5.41, 5.74) is 1.83. The molecule has 0 radical (unpaired) electrons. The van der Waals surface area contributed by atoms with Gasteiger partial charge in [-0.25, -0.2) is 0 Å². The maximum absolute atomic E-state index is 9.26. The van der Waals surface area contributed by atoms with Crippen molar-refractivity contribution in [2.45, 2.75) is 32.5 Å². The van der Waals surface area contributed by atoms with Gasteiger partial charge in [0.15, 0.2) is 11.5 Å². The van der Waals surface area contributed by atoms with Crippen LogP contribution in [0.2, 0.25) is 10.0 Å². The Morgan fingerprint density at radius 1 is 1.15 bits per heavy atom. The van der Waals surface area contributed by atoms with E-state index >= 15 is 0 Å². The fourth-order valence-electron chi connectivity index (χ4n) is 2.38. The average Bonchev–Trinajstić information content (AvgIpc) is 2.62. The van der Waals surface area contributed by atoms with Crippen LogP contribution in [0.5, 0.6) is 11.5 Å². The van der Waals surface area contributed by atoms with Crippen molar-refractivity contribution < 1.29 is 14.6 Å². The highest BCUT2D eigenvalue weighted by Gasteiger charge is 2.14. The van der Waals surface area contributed by atoms with Gasteiger partial charge in [-0.05, 0) is 30.2 Å². The van der Waals surface area contributed by atoms with Crippen molar-refractivity contribution in [1.29, 1.82) is 0 Å². The van der Waals surface area contributed by atoms with Gasteiger partial charge in [0.2, 0.25) is 0 Å². The molecule has 144 valence electrons. The minimum Gasteiger partial charge on any atom is -0.493 e. The summed E-state index contributed by atoms with van der Waals surface area (Å²) >= 11 is 12.5. The van der Waals surface area contributed by atoms with E-state index in [4.69, 9.17) is 32.7 Å². The molecule has 2 N–H and O–H groups in total. The van der Waals surface area contributed by atoms with E-state index in [0.29, 0.717) is 34.7 Å². The highest BCUT2D eigenvalue weighted by molar-refractivity contribution is 6.32. The lowest BCUT2D eigenvalue weighted by Gasteiger charge is -2.17. The first kappa shape index (κ1) is 22.9. The van der Waals surface area contributed by atoms with Crippen molar-refractivity contribution >= 4 is 35.6 Å². The van der Waals surface area contributed by atoms with Crippen molar-refractivity contribution in [3.8, 4) is 11.5 Å². The summed E-state index contributed by atoms with van der Waals surface area (Å²) in [7, 11) is 1.58. The minimum atomic E-state index is 0. The van der Waals surface area contributed by atoms with Gasteiger partial charge in [0.25, 0.3) is 0 Å². The van der Waals surface area contributed by atoms with Crippen molar-refractivity contribution in [2.75, 3.05) is 13.7 Å². The third-order valence-electron chi connectivity index (χ3n) is 3.93. The first-order chi connectivity index (χ1) is 12.1. The lowest BCUT2D eigenvalue weighted by molar-refractivity contribution is 0.238. The number of nitrogens with one attached hydrogen (secondary N) is 1. The van der Waals surface area contributed by atoms with Crippen LogP contribution in [0.1, 0.15) is 24.5 Å². The molecule has 2 aromatic carbocycles. The second-order valence-electron chi connectivity index (χ2n) is 5.66. The van der Waals surface area contributed by atoms with Gasteiger partial charge in [0, 0.05) is 23.2 Å². The van der Waals surface area contributed by atoms with E-state index in [1.165, 1.54) is 0 Å². The molecule has 0 bridgehead atoms. The molecule has 0 aliphatic heterocycles. The summed E-state index contributed by atoms with van der Waals surface area (Å²) in [6, 6.07) is 11.3. The fourth-order valence-corrected chi connectivity index (χ4v) is 2.86. The van der Waals surface area contributed by atoms with Crippen LogP contribution >= 0.6 is 35.6 Å². The van der Waals surface area contributed by atoms with E-state index in [9.17, 15) is 5.11 Å². The Morgan fingerprint density at radius 2 is 1.88 bits per heavy atom. The first-order valence-corrected chi connectivity index (χ1v) is 8.91. The van der Waals surface area contributed by atoms with E-state index in [1.54, 1.807) is 7.11 Å². The van der Waals surface area contributed by atoms with Crippen molar-refractivity contribution in [3.63, 3.8) is 0 Å². The monoisotopic (exact) mass is 419 g/mol. The zero-order valence-electron chi connectivity index (χ0n) is 14.8. The SMILES string of the molecule is CCC(CO)NCc1cc(Cl)c(OCc2ccccc2Cl)c(OC)c1.Cl. The van der Waals surface area contributed by atoms with Gasteiger partial charge in [-0.2, -0.15) is 0 Å². The minimum absolute atomic E-state index is 0. The molecule has 2 rings (SSSR count). The molecule has 7 heteroatoms. The highest BCUT2D eigenvalue weighted by Crippen LogP contribution is 2.37. The van der Waals surface area contributed by atoms with Gasteiger partial charge in [-0.1, -0.05) is 48.3 Å². The summed E-state index contributed by atoms with van der Waals surface area (Å²) < 4.78 is 11.3. The molecular weight excluding hydrogens is 397 g/mol. The fraction of sp³-hybridized carbons (Fsp3) is 0.368. The predicted octanol–water partition coefficient (Wildman–Crippen LogP) is 4.86. The standard InChI is InChI=1S/C19H23Cl2NO3.ClH/c1-3-15(11-23)22-10-13-8-17(21)19(18(9-13)24-2)25-12-14-6-4-5-7-16(14)20;/h4-9,15,22-23H,3,10-12H2,1-2H3;1H. The van der Waals surface area contributed by atoms with Crippen LogP contribution < -0.4 is 14.8 Å². The van der Waals surface area contributed by atoms with Gasteiger partial charge >= 0.3 is 0 Å². The Morgan fingerprint density at radius 3 is 2.50 bits per heavy atom. The van der Waals surface area contributed by atoms with Crippen molar-refractivity contribution in [1.82, 2.24) is 5.32 Å². The summed E-state index contributed by atoms with van der Waals surface area (Å²) in [5, 5.41) is 13.7. The van der Waals surface area contributed by atoms with E-state index in [-0.39, 0.29) is 25.1 Å². The Balaban J connectivity index is 0.00000338. The zero-order chi connectivity index (χ0) is 18.2. The van der Waals surface area contributed by atoms with E-state index < -0.39 is 0 Å². The second kappa shape index (κ2) is 11.5. The van der Waals surface area contributed by atoms with E-state index in [1.807, 2.05) is 43.3 Å². The topological polar surface area (TPSA) is 50.7 Å². The highest BCUT2D eigenvalue weighted by atomic mass is 35.5. The quantitative estimate of drug-likeness (QED) is 0.608. The molecule has 0 amide bonds. The number of ether oxygens (including phenoxy) is 2. The number of halogens is 3. The van der Waals surface area contributed by atoms with Gasteiger partial charge in [0.1, 0.15) is 6.61 Å². The van der Waals surface area contributed by atoms with Crippen LogP contribution in [0.15, 0.2) is 36.4 Å². The number of hydrogen-bond donors (Lipinski definition) is 2. The van der Waals surface area contributed by atoms with Crippen LogP contribution in [0.4, 0.5) is 0 Å². The van der Waals surface area contributed by atoms with Gasteiger partial charge < -0.3 is 19.9 Å². The largest absolute Gasteiger partial charge is 0.493 e. The van der Waals surface area contributed by atoms with Crippen LogP contribution in [-0.4, -0.2) is 24.9 Å². The van der Waals surface area contributed by atoms with Crippen LogP contribution in [0, 0.1) is 0 Å². The van der Waals surface area contributed by atoms with E-state index in [0.717, 1.165) is 17.5 Å². The average molecular weight is 421 g/mol. The molecule has 2 aromatic rings. The third-order valence-corrected chi connectivity index (χ3v) is 4.58. The summed E-state index contributed by atoms with van der Waals surface area (Å²) in [6.07, 6.45) is 0.848. The summed E-state index contributed by atoms with van der Waals surface area (Å²) in [6.45, 7) is 3.00. The van der Waals surface area contributed by atoms with Crippen molar-refractivity contribution in [3.05, 3.63) is 57.6 Å². The first-order valence-electron chi connectivity index (χ1n) is 8.15. The molecule has 0 aliphatic rings. The number of methoxy groups -OCH3 is 1. The molecule has 0 saturated heterocycles. The molecule has 1 atom stereocenters. The van der Waals surface area contributed by atoms with Crippen molar-refractivity contribution in [2.24, 2.45) is 0 Å². The molecule has 1 unspecified atom stereocenters. The molecule has 0 fully saturated rings. The zero-order valence-corrected chi connectivity index (χ0v) is 17.1. The number of aliphatic hydroxyl groups excluding tert-OH is 1. The molecule has 0 aliphatic carbocycles. The summed E-state index contributed by atoms with van der Waals surface area (Å²) in [5.74, 6) is 1.05. The Bertz CT molecular complexity index is 694. The number of hydrogen-bond acceptors (Lipinski definition) is 4. The van der Waals surface area contributed by atoms with Crippen LogP contribution in [0.25, 0.3) is 0 Å². The third kappa shape index (κ3) is 6.22. The molecule has 26 heavy (non-hydrogen) atoms. The smallest absolute Gasteiger partial charge is 0.180 e. The van der Waals surface area contributed by atoms with Crippen LogP contribution in [-0.2, 0) is 13.2 Å². The Hall–Kier alpha value is -1.17. The molecule has 0 aromatic heterocycles. The maximum atomic E-state index is 9.26. The Labute approximate surface area is 170 Å². The summed E-state index contributed by atoms with van der Waals surface area (Å²) in [4.78, 5) is 0. The number of rotatable bonds is 9. The maximum Gasteiger partial charge on any atom is 0.180 e. The second-order valence-corrected chi connectivity index (χ2v) is 6.47. The molecule has 0 heterocycles. The van der Waals surface area contributed by atoms with Crippen LogP contribution in [0.3, 0.4) is 0 Å².